The van der Waals surface area contributed by atoms with Crippen molar-refractivity contribution in [3.63, 3.8) is 0 Å². The van der Waals surface area contributed by atoms with E-state index < -0.39 is 0 Å². The van der Waals surface area contributed by atoms with Gasteiger partial charge in [-0.15, -0.1) is 0 Å². The maximum absolute atomic E-state index is 5.62. The fourth-order valence-corrected chi connectivity index (χ4v) is 2.70. The van der Waals surface area contributed by atoms with Crippen LogP contribution in [0.3, 0.4) is 0 Å². The van der Waals surface area contributed by atoms with Gasteiger partial charge in [-0.1, -0.05) is 5.16 Å². The Balaban J connectivity index is 1.95. The van der Waals surface area contributed by atoms with Crippen molar-refractivity contribution in [2.75, 3.05) is 34.5 Å². The van der Waals surface area contributed by atoms with Crippen LogP contribution in [0.4, 0.5) is 0 Å². The van der Waals surface area contributed by atoms with Gasteiger partial charge in [-0.3, -0.25) is 0 Å². The van der Waals surface area contributed by atoms with Gasteiger partial charge in [-0.05, 0) is 19.1 Å². The van der Waals surface area contributed by atoms with Crippen molar-refractivity contribution >= 4 is 0 Å². The van der Waals surface area contributed by atoms with Gasteiger partial charge in [0.15, 0.2) is 11.5 Å². The summed E-state index contributed by atoms with van der Waals surface area (Å²) in [6.45, 7) is 3.39. The normalized spacial score (nSPS) is 20.7. The summed E-state index contributed by atoms with van der Waals surface area (Å²) < 4.78 is 27.1. The molecule has 0 bridgehead atoms. The molecule has 1 saturated heterocycles. The Morgan fingerprint density at radius 3 is 2.42 bits per heavy atom. The number of ether oxygens (including phenoxy) is 4. The van der Waals surface area contributed by atoms with E-state index in [1.54, 1.807) is 33.5 Å². The third kappa shape index (κ3) is 3.02. The van der Waals surface area contributed by atoms with Gasteiger partial charge >= 0.3 is 0 Å². The van der Waals surface area contributed by atoms with Gasteiger partial charge in [-0.2, -0.15) is 4.98 Å². The first-order valence-corrected chi connectivity index (χ1v) is 7.67. The fourth-order valence-electron chi connectivity index (χ4n) is 2.70. The lowest BCUT2D eigenvalue weighted by Gasteiger charge is -2.27. The van der Waals surface area contributed by atoms with Crippen LogP contribution in [0.5, 0.6) is 17.2 Å². The predicted molar refractivity (Wildman–Crippen MR) is 85.5 cm³/mol. The molecule has 2 heterocycles. The van der Waals surface area contributed by atoms with Crippen LogP contribution in [0.2, 0.25) is 0 Å². The van der Waals surface area contributed by atoms with E-state index in [0.717, 1.165) is 6.54 Å². The van der Waals surface area contributed by atoms with Crippen molar-refractivity contribution in [1.82, 2.24) is 15.5 Å². The molecule has 0 saturated carbocycles. The molecule has 2 atom stereocenters. The van der Waals surface area contributed by atoms with Gasteiger partial charge in [0.1, 0.15) is 6.04 Å². The maximum atomic E-state index is 5.62. The van der Waals surface area contributed by atoms with Crippen LogP contribution in [-0.4, -0.2) is 50.7 Å². The first-order valence-electron chi connectivity index (χ1n) is 7.67. The summed E-state index contributed by atoms with van der Waals surface area (Å²) in [5.41, 5.74) is 0.712. The highest BCUT2D eigenvalue weighted by atomic mass is 16.5. The minimum absolute atomic E-state index is 0.0352. The van der Waals surface area contributed by atoms with E-state index in [4.69, 9.17) is 23.5 Å². The monoisotopic (exact) mass is 335 g/mol. The van der Waals surface area contributed by atoms with E-state index >= 15 is 0 Å². The molecule has 8 heteroatoms. The number of morpholine rings is 1. The zero-order valence-corrected chi connectivity index (χ0v) is 14.2. The second-order valence-electron chi connectivity index (χ2n) is 5.38. The molecule has 1 aromatic carbocycles. The van der Waals surface area contributed by atoms with Crippen molar-refractivity contribution < 1.29 is 23.5 Å². The third-order valence-electron chi connectivity index (χ3n) is 3.95. The molecule has 1 aliphatic heterocycles. The average Bonchev–Trinajstić information content (AvgIpc) is 3.10. The zero-order valence-electron chi connectivity index (χ0n) is 14.2. The van der Waals surface area contributed by atoms with Gasteiger partial charge in [-0.25, -0.2) is 0 Å². The first-order chi connectivity index (χ1) is 11.7. The summed E-state index contributed by atoms with van der Waals surface area (Å²) in [4.78, 5) is 4.49. The molecule has 0 amide bonds. The maximum Gasteiger partial charge on any atom is 0.246 e. The Morgan fingerprint density at radius 2 is 1.83 bits per heavy atom. The van der Waals surface area contributed by atoms with Crippen molar-refractivity contribution in [2.45, 2.75) is 19.1 Å². The summed E-state index contributed by atoms with van der Waals surface area (Å²) in [6.07, 6.45) is -0.0352. The van der Waals surface area contributed by atoms with Crippen LogP contribution in [-0.2, 0) is 4.74 Å². The minimum Gasteiger partial charge on any atom is -0.493 e. The lowest BCUT2D eigenvalue weighted by atomic mass is 10.1. The molecule has 2 aromatic rings. The average molecular weight is 335 g/mol. The second-order valence-corrected chi connectivity index (χ2v) is 5.38. The van der Waals surface area contributed by atoms with Gasteiger partial charge in [0.05, 0.1) is 34.0 Å². The van der Waals surface area contributed by atoms with Crippen LogP contribution in [0.25, 0.3) is 11.4 Å². The van der Waals surface area contributed by atoms with Crippen LogP contribution in [0, 0.1) is 0 Å². The van der Waals surface area contributed by atoms with E-state index in [2.05, 4.69) is 15.5 Å². The molecule has 1 aromatic heterocycles. The molecule has 1 fully saturated rings. The summed E-state index contributed by atoms with van der Waals surface area (Å²) in [6, 6.07) is 3.44. The molecule has 8 nitrogen and oxygen atoms in total. The summed E-state index contributed by atoms with van der Waals surface area (Å²) in [7, 11) is 4.68. The van der Waals surface area contributed by atoms with Crippen molar-refractivity contribution in [3.05, 3.63) is 18.0 Å². The molecular weight excluding hydrogens is 314 g/mol. The Morgan fingerprint density at radius 1 is 1.12 bits per heavy atom. The highest BCUT2D eigenvalue weighted by Gasteiger charge is 2.29. The van der Waals surface area contributed by atoms with Crippen LogP contribution in [0.1, 0.15) is 18.9 Å². The van der Waals surface area contributed by atoms with Gasteiger partial charge < -0.3 is 28.8 Å². The number of nitrogens with zero attached hydrogens (tertiary/aromatic N) is 2. The van der Waals surface area contributed by atoms with Crippen molar-refractivity contribution in [2.24, 2.45) is 0 Å². The second kappa shape index (κ2) is 7.06. The SMILES string of the molecule is COc1cc(-c2noc([C@H]3NCCO[C@@H]3C)n2)cc(OC)c1OC. The summed E-state index contributed by atoms with van der Waals surface area (Å²) >= 11 is 0. The molecule has 1 aliphatic rings. The largest absolute Gasteiger partial charge is 0.493 e. The molecule has 130 valence electrons. The third-order valence-corrected chi connectivity index (χ3v) is 3.95. The zero-order chi connectivity index (χ0) is 17.1. The highest BCUT2D eigenvalue weighted by molar-refractivity contribution is 5.66. The number of rotatable bonds is 5. The van der Waals surface area contributed by atoms with Crippen LogP contribution >= 0.6 is 0 Å². The molecule has 1 N–H and O–H groups in total. The minimum atomic E-state index is -0.123. The topological polar surface area (TPSA) is 87.9 Å². The number of nitrogens with one attached hydrogen (secondary N) is 1. The molecule has 0 unspecified atom stereocenters. The van der Waals surface area contributed by atoms with E-state index in [-0.39, 0.29) is 12.1 Å². The summed E-state index contributed by atoms with van der Waals surface area (Å²) in [5.74, 6) is 2.52. The molecule has 0 spiro atoms. The molecule has 0 radical (unpaired) electrons. The Kier molecular flexibility index (Phi) is 4.86. The number of aromatic nitrogens is 2. The van der Waals surface area contributed by atoms with Gasteiger partial charge in [0, 0.05) is 12.1 Å². The molecule has 0 aliphatic carbocycles. The van der Waals surface area contributed by atoms with E-state index in [0.29, 0.717) is 41.1 Å². The van der Waals surface area contributed by atoms with Gasteiger partial charge in [0.25, 0.3) is 0 Å². The fraction of sp³-hybridized carbons (Fsp3) is 0.500. The lowest BCUT2D eigenvalue weighted by molar-refractivity contribution is -0.00136. The Hall–Kier alpha value is -2.32. The van der Waals surface area contributed by atoms with Crippen molar-refractivity contribution in [1.29, 1.82) is 0 Å². The summed E-state index contributed by atoms with van der Waals surface area (Å²) in [5, 5.41) is 7.39. The lowest BCUT2D eigenvalue weighted by Crippen LogP contribution is -2.40. The van der Waals surface area contributed by atoms with Crippen molar-refractivity contribution in [3.8, 4) is 28.6 Å². The Bertz CT molecular complexity index is 678. The number of hydrogen-bond donors (Lipinski definition) is 1. The van der Waals surface area contributed by atoms with E-state index in [9.17, 15) is 0 Å². The van der Waals surface area contributed by atoms with Gasteiger partial charge in [0.2, 0.25) is 17.5 Å². The quantitative estimate of drug-likeness (QED) is 0.885. The first kappa shape index (κ1) is 16.5. The van der Waals surface area contributed by atoms with E-state index in [1.165, 1.54) is 0 Å². The number of hydrogen-bond acceptors (Lipinski definition) is 8. The molecule has 3 rings (SSSR count). The number of methoxy groups -OCH3 is 3. The Labute approximate surface area is 140 Å². The molecular formula is C16H21N3O5. The molecule has 24 heavy (non-hydrogen) atoms. The smallest absolute Gasteiger partial charge is 0.246 e. The van der Waals surface area contributed by atoms with Crippen LogP contribution < -0.4 is 19.5 Å². The highest BCUT2D eigenvalue weighted by Crippen LogP contribution is 2.40. The van der Waals surface area contributed by atoms with E-state index in [1.807, 2.05) is 6.92 Å². The van der Waals surface area contributed by atoms with Crippen LogP contribution in [0.15, 0.2) is 16.7 Å². The number of benzene rings is 1. The standard InChI is InChI=1S/C16H21N3O5/c1-9-13(17-5-6-23-9)16-18-15(19-24-16)10-7-11(20-2)14(22-4)12(8-10)21-3/h7-9,13,17H,5-6H2,1-4H3/t9-,13+/m1/s1. The predicted octanol–water partition coefficient (Wildman–Crippen LogP) is 1.81.